The number of carbonyl (C=O) groups is 2. The van der Waals surface area contributed by atoms with Crippen molar-refractivity contribution >= 4 is 72.9 Å². The first kappa shape index (κ1) is 20.5. The Morgan fingerprint density at radius 1 is 1.27 bits per heavy atom. The first-order chi connectivity index (χ1) is 14.4. The van der Waals surface area contributed by atoms with E-state index < -0.39 is 0 Å². The summed E-state index contributed by atoms with van der Waals surface area (Å²) >= 11 is 7.90. The number of aryl methyl sites for hydroxylation is 1. The maximum atomic E-state index is 12.7. The second kappa shape index (κ2) is 8.55. The van der Waals surface area contributed by atoms with Crippen LogP contribution in [0.15, 0.2) is 47.4 Å². The molecule has 6 nitrogen and oxygen atoms in total. The Morgan fingerprint density at radius 2 is 2.03 bits per heavy atom. The van der Waals surface area contributed by atoms with Crippen LogP contribution in [0.5, 0.6) is 5.75 Å². The predicted molar refractivity (Wildman–Crippen MR) is 126 cm³/mol. The fourth-order valence-corrected chi connectivity index (χ4v) is 5.11. The lowest BCUT2D eigenvalue weighted by molar-refractivity contribution is -0.126. The molecule has 0 spiro atoms. The van der Waals surface area contributed by atoms with Crippen molar-refractivity contribution in [3.05, 3.63) is 58.5 Å². The summed E-state index contributed by atoms with van der Waals surface area (Å²) in [5.74, 6) is 0.116. The standard InChI is InChI=1S/C21H17N3O3S3/c1-12-3-8-15-16(9-12)29-20(22-15)23-18(25)11-24-19(26)17(30-21(24)28)10-13-4-6-14(27-2)7-5-13/h3-10H,11H2,1-2H3,(H,22,23,25)/b17-10-. The molecule has 9 heteroatoms. The molecule has 152 valence electrons. The van der Waals surface area contributed by atoms with Gasteiger partial charge in [-0.3, -0.25) is 14.5 Å². The first-order valence-electron chi connectivity index (χ1n) is 8.99. The van der Waals surface area contributed by atoms with Gasteiger partial charge in [-0.15, -0.1) is 0 Å². The zero-order chi connectivity index (χ0) is 21.3. The van der Waals surface area contributed by atoms with E-state index >= 15 is 0 Å². The number of thiazole rings is 1. The summed E-state index contributed by atoms with van der Waals surface area (Å²) in [4.78, 5) is 31.4. The van der Waals surface area contributed by atoms with E-state index in [4.69, 9.17) is 17.0 Å². The van der Waals surface area contributed by atoms with Crippen LogP contribution >= 0.6 is 35.3 Å². The highest BCUT2D eigenvalue weighted by molar-refractivity contribution is 8.26. The average molecular weight is 456 g/mol. The van der Waals surface area contributed by atoms with Crippen molar-refractivity contribution in [2.75, 3.05) is 19.0 Å². The molecule has 0 atom stereocenters. The Kier molecular flexibility index (Phi) is 5.85. The van der Waals surface area contributed by atoms with E-state index in [1.165, 1.54) is 28.0 Å². The van der Waals surface area contributed by atoms with Crippen LogP contribution in [-0.4, -0.2) is 39.7 Å². The van der Waals surface area contributed by atoms with E-state index in [-0.39, 0.29) is 18.4 Å². The van der Waals surface area contributed by atoms with Crippen molar-refractivity contribution in [2.24, 2.45) is 0 Å². The molecule has 0 radical (unpaired) electrons. The van der Waals surface area contributed by atoms with E-state index in [0.717, 1.165) is 27.1 Å². The summed E-state index contributed by atoms with van der Waals surface area (Å²) < 4.78 is 6.50. The smallest absolute Gasteiger partial charge is 0.266 e. The van der Waals surface area contributed by atoms with Gasteiger partial charge in [0, 0.05) is 0 Å². The molecule has 2 heterocycles. The summed E-state index contributed by atoms with van der Waals surface area (Å²) in [5, 5.41) is 3.27. The van der Waals surface area contributed by atoms with Crippen molar-refractivity contribution in [1.82, 2.24) is 9.88 Å². The fraction of sp³-hybridized carbons (Fsp3) is 0.143. The zero-order valence-electron chi connectivity index (χ0n) is 16.2. The molecule has 1 fully saturated rings. The summed E-state index contributed by atoms with van der Waals surface area (Å²) in [6.07, 6.45) is 1.76. The van der Waals surface area contributed by atoms with Gasteiger partial charge in [0.1, 0.15) is 16.6 Å². The third-order valence-corrected chi connectivity index (χ3v) is 6.69. The van der Waals surface area contributed by atoms with Crippen molar-refractivity contribution in [3.8, 4) is 5.75 Å². The minimum atomic E-state index is -0.340. The molecule has 0 aliphatic carbocycles. The third-order valence-electron chi connectivity index (χ3n) is 4.38. The molecule has 30 heavy (non-hydrogen) atoms. The molecule has 1 saturated heterocycles. The number of hydrogen-bond acceptors (Lipinski definition) is 7. The van der Waals surface area contributed by atoms with Crippen molar-refractivity contribution < 1.29 is 14.3 Å². The average Bonchev–Trinajstić information content (AvgIpc) is 3.23. The Morgan fingerprint density at radius 3 is 2.77 bits per heavy atom. The fourth-order valence-electron chi connectivity index (χ4n) is 2.88. The number of nitrogens with one attached hydrogen (secondary N) is 1. The van der Waals surface area contributed by atoms with Gasteiger partial charge in [-0.1, -0.05) is 53.5 Å². The van der Waals surface area contributed by atoms with Crippen molar-refractivity contribution in [1.29, 1.82) is 0 Å². The Hall–Kier alpha value is -2.75. The molecule has 1 N–H and O–H groups in total. The van der Waals surface area contributed by atoms with Crippen LogP contribution in [0.3, 0.4) is 0 Å². The Balaban J connectivity index is 1.44. The highest BCUT2D eigenvalue weighted by atomic mass is 32.2. The summed E-state index contributed by atoms with van der Waals surface area (Å²) in [6.45, 7) is 1.85. The number of rotatable bonds is 5. The van der Waals surface area contributed by atoms with Crippen LogP contribution in [0.25, 0.3) is 16.3 Å². The Labute approximate surface area is 186 Å². The minimum absolute atomic E-state index is 0.153. The summed E-state index contributed by atoms with van der Waals surface area (Å²) in [7, 11) is 1.60. The van der Waals surface area contributed by atoms with Gasteiger partial charge >= 0.3 is 0 Å². The van der Waals surface area contributed by atoms with Gasteiger partial charge in [-0.25, -0.2) is 4.98 Å². The molecule has 0 bridgehead atoms. The zero-order valence-corrected chi connectivity index (χ0v) is 18.6. The van der Waals surface area contributed by atoms with Crippen LogP contribution in [0.1, 0.15) is 11.1 Å². The van der Waals surface area contributed by atoms with Crippen LogP contribution in [0.2, 0.25) is 0 Å². The predicted octanol–water partition coefficient (Wildman–Crippen LogP) is 4.45. The van der Waals surface area contributed by atoms with E-state index in [1.807, 2.05) is 49.4 Å². The minimum Gasteiger partial charge on any atom is -0.497 e. The van der Waals surface area contributed by atoms with Crippen molar-refractivity contribution in [2.45, 2.75) is 6.92 Å². The number of thiocarbonyl (C=S) groups is 1. The number of amides is 2. The number of benzene rings is 2. The third kappa shape index (κ3) is 4.38. The van der Waals surface area contributed by atoms with Gasteiger partial charge in [0.15, 0.2) is 5.13 Å². The maximum absolute atomic E-state index is 12.7. The summed E-state index contributed by atoms with van der Waals surface area (Å²) in [5.41, 5.74) is 2.81. The van der Waals surface area contributed by atoms with Gasteiger partial charge < -0.3 is 10.1 Å². The number of methoxy groups -OCH3 is 1. The van der Waals surface area contributed by atoms with Gasteiger partial charge in [0.05, 0.1) is 22.2 Å². The lowest BCUT2D eigenvalue weighted by Crippen LogP contribution is -2.36. The van der Waals surface area contributed by atoms with Gasteiger partial charge in [0.25, 0.3) is 5.91 Å². The maximum Gasteiger partial charge on any atom is 0.266 e. The molecule has 3 aromatic rings. The molecular weight excluding hydrogens is 438 g/mol. The van der Waals surface area contributed by atoms with Gasteiger partial charge in [-0.05, 0) is 48.4 Å². The molecule has 2 aromatic carbocycles. The van der Waals surface area contributed by atoms with Gasteiger partial charge in [0.2, 0.25) is 5.91 Å². The molecule has 0 unspecified atom stereocenters. The van der Waals surface area contributed by atoms with Crippen LogP contribution in [0, 0.1) is 6.92 Å². The van der Waals surface area contributed by atoms with E-state index in [2.05, 4.69) is 10.3 Å². The molecule has 1 aliphatic heterocycles. The highest BCUT2D eigenvalue weighted by Crippen LogP contribution is 2.33. The van der Waals surface area contributed by atoms with Crippen LogP contribution in [0.4, 0.5) is 5.13 Å². The van der Waals surface area contributed by atoms with Gasteiger partial charge in [-0.2, -0.15) is 0 Å². The SMILES string of the molecule is COc1ccc(/C=C2\SC(=S)N(CC(=O)Nc3nc4ccc(C)cc4s3)C2=O)cc1. The number of carbonyl (C=O) groups excluding carboxylic acids is 2. The molecule has 2 amide bonds. The molecule has 4 rings (SSSR count). The first-order valence-corrected chi connectivity index (χ1v) is 11.0. The van der Waals surface area contributed by atoms with Crippen LogP contribution in [-0.2, 0) is 9.59 Å². The Bertz CT molecular complexity index is 1190. The largest absolute Gasteiger partial charge is 0.497 e. The monoisotopic (exact) mass is 455 g/mol. The number of aromatic nitrogens is 1. The quantitative estimate of drug-likeness (QED) is 0.453. The lowest BCUT2D eigenvalue weighted by atomic mass is 10.2. The number of ether oxygens (including phenoxy) is 1. The number of hydrogen-bond donors (Lipinski definition) is 1. The van der Waals surface area contributed by atoms with Crippen LogP contribution < -0.4 is 10.1 Å². The number of fused-ring (bicyclic) bond motifs is 1. The number of nitrogens with zero attached hydrogens (tertiary/aromatic N) is 2. The molecular formula is C21H17N3O3S3. The highest BCUT2D eigenvalue weighted by Gasteiger charge is 2.33. The number of anilines is 1. The molecule has 0 saturated carbocycles. The second-order valence-corrected chi connectivity index (χ2v) is 9.29. The normalized spacial score (nSPS) is 15.3. The topological polar surface area (TPSA) is 71.5 Å². The number of thioether (sulfide) groups is 1. The van der Waals surface area contributed by atoms with E-state index in [1.54, 1.807) is 13.2 Å². The van der Waals surface area contributed by atoms with E-state index in [9.17, 15) is 9.59 Å². The van der Waals surface area contributed by atoms with Crippen molar-refractivity contribution in [3.63, 3.8) is 0 Å². The van der Waals surface area contributed by atoms with E-state index in [0.29, 0.717) is 14.4 Å². The second-order valence-electron chi connectivity index (χ2n) is 6.58. The summed E-state index contributed by atoms with van der Waals surface area (Å²) in [6, 6.07) is 13.3. The molecule has 1 aromatic heterocycles. The molecule has 1 aliphatic rings. The lowest BCUT2D eigenvalue weighted by Gasteiger charge is -2.13.